The number of hydrogen-bond acceptors (Lipinski definition) is 6. The summed E-state index contributed by atoms with van der Waals surface area (Å²) >= 11 is 0. The fraction of sp³-hybridized carbons (Fsp3) is 0.500. The highest BCUT2D eigenvalue weighted by Crippen LogP contribution is 2.29. The number of anilines is 1. The molecule has 1 saturated heterocycles. The number of piperazine rings is 1. The zero-order chi connectivity index (χ0) is 17.9. The lowest BCUT2D eigenvalue weighted by Gasteiger charge is -2.36. The Morgan fingerprint density at radius 3 is 2.42 bits per heavy atom. The summed E-state index contributed by atoms with van der Waals surface area (Å²) in [6.45, 7) is 7.26. The number of carbonyl (C=O) groups excluding carboxylic acids is 1. The van der Waals surface area contributed by atoms with Crippen LogP contribution < -0.4 is 4.90 Å². The maximum absolute atomic E-state index is 12.1. The van der Waals surface area contributed by atoms with Crippen molar-refractivity contribution in [1.82, 2.24) is 4.90 Å². The van der Waals surface area contributed by atoms with Crippen molar-refractivity contribution in [2.75, 3.05) is 31.1 Å². The second kappa shape index (κ2) is 6.74. The van der Waals surface area contributed by atoms with E-state index >= 15 is 0 Å². The van der Waals surface area contributed by atoms with Gasteiger partial charge in [-0.15, -0.1) is 0 Å². The smallest absolute Gasteiger partial charge is 0.410 e. The van der Waals surface area contributed by atoms with Crippen molar-refractivity contribution in [3.05, 3.63) is 33.9 Å². The molecule has 8 heteroatoms. The molecule has 1 fully saturated rings. The molecule has 1 aliphatic heterocycles. The summed E-state index contributed by atoms with van der Waals surface area (Å²) in [5.74, 6) is 0. The molecule has 0 radical (unpaired) electrons. The monoisotopic (exact) mass is 332 g/mol. The number of nitrogens with zero attached hydrogens (tertiary/aromatic N) is 4. The Kier molecular flexibility index (Phi) is 4.93. The molecule has 2 rings (SSSR count). The number of rotatable bonds is 2. The van der Waals surface area contributed by atoms with Gasteiger partial charge in [0.05, 0.1) is 10.6 Å². The Balaban J connectivity index is 2.11. The van der Waals surface area contributed by atoms with E-state index in [1.807, 2.05) is 31.7 Å². The SMILES string of the molecule is CC(C)(C)OC(=O)N1CCN(c2cccc([N+](=O)[O-])c2C#N)CC1. The molecule has 0 bridgehead atoms. The quantitative estimate of drug-likeness (QED) is 0.609. The molecule has 0 atom stereocenters. The van der Waals surface area contributed by atoms with Crippen molar-refractivity contribution in [2.45, 2.75) is 26.4 Å². The van der Waals surface area contributed by atoms with Gasteiger partial charge >= 0.3 is 6.09 Å². The second-order valence-corrected chi connectivity index (χ2v) is 6.49. The van der Waals surface area contributed by atoms with Gasteiger partial charge in [-0.2, -0.15) is 5.26 Å². The highest BCUT2D eigenvalue weighted by atomic mass is 16.6. The van der Waals surface area contributed by atoms with E-state index in [0.717, 1.165) is 0 Å². The summed E-state index contributed by atoms with van der Waals surface area (Å²) in [5.41, 5.74) is -0.185. The van der Waals surface area contributed by atoms with Gasteiger partial charge in [-0.05, 0) is 26.8 Å². The van der Waals surface area contributed by atoms with Crippen LogP contribution in [-0.4, -0.2) is 47.7 Å². The van der Waals surface area contributed by atoms with Crippen LogP contribution in [0.1, 0.15) is 26.3 Å². The minimum atomic E-state index is -0.557. The summed E-state index contributed by atoms with van der Waals surface area (Å²) in [6.07, 6.45) is -0.373. The Morgan fingerprint density at radius 1 is 1.29 bits per heavy atom. The maximum atomic E-state index is 12.1. The fourth-order valence-electron chi connectivity index (χ4n) is 2.51. The van der Waals surface area contributed by atoms with Crippen molar-refractivity contribution in [3.63, 3.8) is 0 Å². The summed E-state index contributed by atoms with van der Waals surface area (Å²) in [6, 6.07) is 6.49. The number of benzene rings is 1. The van der Waals surface area contributed by atoms with Gasteiger partial charge in [-0.25, -0.2) is 4.79 Å². The van der Waals surface area contributed by atoms with Crippen molar-refractivity contribution >= 4 is 17.5 Å². The van der Waals surface area contributed by atoms with Crippen molar-refractivity contribution in [3.8, 4) is 6.07 Å². The molecule has 1 amide bonds. The molecule has 0 N–H and O–H groups in total. The lowest BCUT2D eigenvalue weighted by molar-refractivity contribution is -0.385. The summed E-state index contributed by atoms with van der Waals surface area (Å²) in [4.78, 5) is 26.1. The van der Waals surface area contributed by atoms with Crippen molar-refractivity contribution in [2.24, 2.45) is 0 Å². The van der Waals surface area contributed by atoms with Crippen LogP contribution in [0.4, 0.5) is 16.2 Å². The van der Waals surface area contributed by atoms with Gasteiger partial charge in [-0.1, -0.05) is 6.07 Å². The molecule has 24 heavy (non-hydrogen) atoms. The van der Waals surface area contributed by atoms with Crippen LogP contribution in [0, 0.1) is 21.4 Å². The van der Waals surface area contributed by atoms with Crippen LogP contribution in [0.15, 0.2) is 18.2 Å². The lowest BCUT2D eigenvalue weighted by atomic mass is 10.1. The highest BCUT2D eigenvalue weighted by Gasteiger charge is 2.28. The van der Waals surface area contributed by atoms with E-state index in [-0.39, 0.29) is 17.3 Å². The van der Waals surface area contributed by atoms with E-state index in [1.165, 1.54) is 6.07 Å². The Morgan fingerprint density at radius 2 is 1.92 bits per heavy atom. The molecule has 0 aliphatic carbocycles. The predicted molar refractivity (Wildman–Crippen MR) is 87.8 cm³/mol. The molecular weight excluding hydrogens is 312 g/mol. The first-order chi connectivity index (χ1) is 11.2. The standard InChI is InChI=1S/C16H20N4O4/c1-16(2,3)24-15(21)19-9-7-18(8-10-19)13-5-4-6-14(20(22)23)12(13)11-17/h4-6H,7-10H2,1-3H3. The molecule has 0 unspecified atom stereocenters. The molecule has 1 aliphatic rings. The zero-order valence-electron chi connectivity index (χ0n) is 14.0. The number of nitro groups is 1. The molecule has 1 heterocycles. The number of carbonyl (C=O) groups is 1. The Bertz CT molecular complexity index is 682. The van der Waals surface area contributed by atoms with E-state index in [4.69, 9.17) is 4.74 Å². The third-order valence-electron chi connectivity index (χ3n) is 3.60. The average molecular weight is 332 g/mol. The number of hydrogen-bond donors (Lipinski definition) is 0. The van der Waals surface area contributed by atoms with Gasteiger partial charge in [0.25, 0.3) is 5.69 Å². The lowest BCUT2D eigenvalue weighted by Crippen LogP contribution is -2.50. The first-order valence-electron chi connectivity index (χ1n) is 7.63. The van der Waals surface area contributed by atoms with Crippen molar-refractivity contribution in [1.29, 1.82) is 5.26 Å². The molecule has 1 aromatic rings. The first-order valence-corrected chi connectivity index (χ1v) is 7.63. The molecule has 0 saturated carbocycles. The Labute approximate surface area is 140 Å². The van der Waals surface area contributed by atoms with Gasteiger partial charge in [0.1, 0.15) is 11.7 Å². The van der Waals surface area contributed by atoms with E-state index in [2.05, 4.69) is 0 Å². The average Bonchev–Trinajstić information content (AvgIpc) is 2.52. The number of amides is 1. The molecular formula is C16H20N4O4. The predicted octanol–water partition coefficient (Wildman–Crippen LogP) is 2.52. The molecule has 128 valence electrons. The topological polar surface area (TPSA) is 99.7 Å². The van der Waals surface area contributed by atoms with Crippen LogP contribution in [0.2, 0.25) is 0 Å². The highest BCUT2D eigenvalue weighted by molar-refractivity contribution is 5.70. The van der Waals surface area contributed by atoms with Crippen LogP contribution >= 0.6 is 0 Å². The molecule has 1 aromatic carbocycles. The fourth-order valence-corrected chi connectivity index (χ4v) is 2.51. The molecule has 8 nitrogen and oxygen atoms in total. The summed E-state index contributed by atoms with van der Waals surface area (Å²) < 4.78 is 5.34. The minimum absolute atomic E-state index is 0.0493. The van der Waals surface area contributed by atoms with Crippen LogP contribution in [0.5, 0.6) is 0 Å². The van der Waals surface area contributed by atoms with Gasteiger partial charge in [0, 0.05) is 32.2 Å². The van der Waals surface area contributed by atoms with E-state index in [9.17, 15) is 20.2 Å². The third kappa shape index (κ3) is 3.93. The van der Waals surface area contributed by atoms with Gasteiger partial charge < -0.3 is 14.5 Å². The maximum Gasteiger partial charge on any atom is 0.410 e. The Hall–Kier alpha value is -2.82. The van der Waals surface area contributed by atoms with Crippen LogP contribution in [-0.2, 0) is 4.74 Å². The minimum Gasteiger partial charge on any atom is -0.444 e. The third-order valence-corrected chi connectivity index (χ3v) is 3.60. The van der Waals surface area contributed by atoms with E-state index < -0.39 is 10.5 Å². The van der Waals surface area contributed by atoms with Crippen LogP contribution in [0.3, 0.4) is 0 Å². The summed E-state index contributed by atoms with van der Waals surface area (Å²) in [5, 5.41) is 20.3. The number of nitro benzene ring substituents is 1. The van der Waals surface area contributed by atoms with E-state index in [1.54, 1.807) is 17.0 Å². The molecule has 0 aromatic heterocycles. The van der Waals surface area contributed by atoms with E-state index in [0.29, 0.717) is 31.9 Å². The second-order valence-electron chi connectivity index (χ2n) is 6.49. The van der Waals surface area contributed by atoms with Crippen LogP contribution in [0.25, 0.3) is 0 Å². The normalized spacial score (nSPS) is 14.9. The first kappa shape index (κ1) is 17.5. The summed E-state index contributed by atoms with van der Waals surface area (Å²) in [7, 11) is 0. The van der Waals surface area contributed by atoms with Gasteiger partial charge in [0.15, 0.2) is 5.56 Å². The largest absolute Gasteiger partial charge is 0.444 e. The zero-order valence-corrected chi connectivity index (χ0v) is 14.0. The van der Waals surface area contributed by atoms with Crippen molar-refractivity contribution < 1.29 is 14.5 Å². The number of ether oxygens (including phenoxy) is 1. The van der Waals surface area contributed by atoms with Gasteiger partial charge in [0.2, 0.25) is 0 Å². The molecule has 0 spiro atoms. The number of nitriles is 1. The van der Waals surface area contributed by atoms with Gasteiger partial charge in [-0.3, -0.25) is 10.1 Å².